The van der Waals surface area contributed by atoms with Gasteiger partial charge in [0.15, 0.2) is 0 Å². The number of para-hydroxylation sites is 1. The van der Waals surface area contributed by atoms with E-state index in [1.807, 2.05) is 25.2 Å². The number of hydrogen-bond donors (Lipinski definition) is 0. The number of hydrogen-bond acceptors (Lipinski definition) is 4. The van der Waals surface area contributed by atoms with Gasteiger partial charge < -0.3 is 9.80 Å². The lowest BCUT2D eigenvalue weighted by Gasteiger charge is -2.27. The molecule has 0 atom stereocenters. The highest BCUT2D eigenvalue weighted by molar-refractivity contribution is 5.98. The van der Waals surface area contributed by atoms with Crippen molar-refractivity contribution in [2.24, 2.45) is 5.18 Å². The molecule has 5 rings (SSSR count). The van der Waals surface area contributed by atoms with E-state index < -0.39 is 0 Å². The van der Waals surface area contributed by atoms with Gasteiger partial charge in [-0.05, 0) is 77.3 Å². The van der Waals surface area contributed by atoms with Crippen molar-refractivity contribution in [2.45, 2.75) is 0 Å². The zero-order valence-corrected chi connectivity index (χ0v) is 18.3. The predicted octanol–water partition coefficient (Wildman–Crippen LogP) is 8.48. The fourth-order valence-corrected chi connectivity index (χ4v) is 4.12. The lowest BCUT2D eigenvalue weighted by molar-refractivity contribution is 1.20. The molecule has 0 aromatic heterocycles. The van der Waals surface area contributed by atoms with Crippen LogP contribution in [0.2, 0.25) is 0 Å². The van der Waals surface area contributed by atoms with Gasteiger partial charge >= 0.3 is 0 Å². The zero-order valence-electron chi connectivity index (χ0n) is 18.3. The normalized spacial score (nSPS) is 10.7. The standard InChI is InChI=1S/C29H23N3O/c1-31(24-16-14-23(30-33)15-17-24)25-18-20-27(21-19-25)32(26-10-3-2-4-11-26)29-13-7-9-22-8-5-6-12-28(22)29/h2-21H,1H3. The molecule has 0 heterocycles. The van der Waals surface area contributed by atoms with E-state index in [0.29, 0.717) is 5.69 Å². The van der Waals surface area contributed by atoms with Crippen molar-refractivity contribution in [3.05, 3.63) is 126 Å². The summed E-state index contributed by atoms with van der Waals surface area (Å²) in [7, 11) is 2.01. The van der Waals surface area contributed by atoms with Crippen molar-refractivity contribution in [3.8, 4) is 0 Å². The van der Waals surface area contributed by atoms with Gasteiger partial charge in [0.1, 0.15) is 5.69 Å². The van der Waals surface area contributed by atoms with E-state index in [2.05, 4.69) is 106 Å². The third-order valence-electron chi connectivity index (χ3n) is 5.86. The number of nitroso groups, excluding NO2 is 1. The molecule has 160 valence electrons. The third-order valence-corrected chi connectivity index (χ3v) is 5.86. The molecule has 0 spiro atoms. The molecule has 0 aliphatic heterocycles. The van der Waals surface area contributed by atoms with Crippen LogP contribution >= 0.6 is 0 Å². The summed E-state index contributed by atoms with van der Waals surface area (Å²) >= 11 is 0. The van der Waals surface area contributed by atoms with Crippen LogP contribution in [0, 0.1) is 4.91 Å². The van der Waals surface area contributed by atoms with Gasteiger partial charge in [0.25, 0.3) is 0 Å². The van der Waals surface area contributed by atoms with Crippen LogP contribution in [0.5, 0.6) is 0 Å². The van der Waals surface area contributed by atoms with E-state index in [0.717, 1.165) is 28.4 Å². The zero-order chi connectivity index (χ0) is 22.6. The van der Waals surface area contributed by atoms with Gasteiger partial charge in [-0.2, -0.15) is 0 Å². The van der Waals surface area contributed by atoms with Crippen LogP contribution in [0.15, 0.2) is 127 Å². The second-order valence-corrected chi connectivity index (χ2v) is 7.85. The number of benzene rings is 5. The van der Waals surface area contributed by atoms with Crippen molar-refractivity contribution in [1.29, 1.82) is 0 Å². The van der Waals surface area contributed by atoms with Crippen molar-refractivity contribution in [3.63, 3.8) is 0 Å². The van der Waals surface area contributed by atoms with Gasteiger partial charge in [0, 0.05) is 35.2 Å². The Balaban J connectivity index is 1.55. The molecule has 0 unspecified atom stereocenters. The number of nitrogens with zero attached hydrogens (tertiary/aromatic N) is 3. The first-order chi connectivity index (χ1) is 16.2. The molecule has 0 fully saturated rings. The van der Waals surface area contributed by atoms with Crippen LogP contribution in [0.25, 0.3) is 10.8 Å². The molecule has 0 saturated carbocycles. The number of rotatable bonds is 6. The van der Waals surface area contributed by atoms with E-state index in [-0.39, 0.29) is 0 Å². The largest absolute Gasteiger partial charge is 0.345 e. The summed E-state index contributed by atoms with van der Waals surface area (Å²) < 4.78 is 0. The maximum atomic E-state index is 10.7. The van der Waals surface area contributed by atoms with Gasteiger partial charge in [0.05, 0.1) is 5.69 Å². The maximum absolute atomic E-state index is 10.7. The average molecular weight is 430 g/mol. The Bertz CT molecular complexity index is 1380. The summed E-state index contributed by atoms with van der Waals surface area (Å²) in [6, 6.07) is 41.1. The molecule has 0 aliphatic carbocycles. The summed E-state index contributed by atoms with van der Waals surface area (Å²) in [5.74, 6) is 0. The molecule has 5 aromatic carbocycles. The molecule has 4 heteroatoms. The summed E-state index contributed by atoms with van der Waals surface area (Å²) in [5.41, 5.74) is 5.79. The molecule has 5 aromatic rings. The van der Waals surface area contributed by atoms with Crippen LogP contribution < -0.4 is 9.80 Å². The Morgan fingerprint density at radius 3 is 1.79 bits per heavy atom. The van der Waals surface area contributed by atoms with Crippen molar-refractivity contribution >= 4 is 44.9 Å². The SMILES string of the molecule is CN(c1ccc(N=O)cc1)c1ccc(N(c2ccccc2)c2cccc3ccccc23)cc1. The molecular weight excluding hydrogens is 406 g/mol. The first kappa shape index (κ1) is 20.5. The summed E-state index contributed by atoms with van der Waals surface area (Å²) in [6.45, 7) is 0. The van der Waals surface area contributed by atoms with Crippen LogP contribution in [-0.4, -0.2) is 7.05 Å². The highest BCUT2D eigenvalue weighted by Gasteiger charge is 2.15. The van der Waals surface area contributed by atoms with E-state index in [9.17, 15) is 4.91 Å². The Morgan fingerprint density at radius 1 is 0.545 bits per heavy atom. The van der Waals surface area contributed by atoms with Gasteiger partial charge in [0.2, 0.25) is 0 Å². The van der Waals surface area contributed by atoms with E-state index in [1.54, 1.807) is 12.1 Å². The van der Waals surface area contributed by atoms with E-state index in [1.165, 1.54) is 10.8 Å². The van der Waals surface area contributed by atoms with Crippen LogP contribution in [0.3, 0.4) is 0 Å². The van der Waals surface area contributed by atoms with E-state index >= 15 is 0 Å². The Morgan fingerprint density at radius 2 is 1.09 bits per heavy atom. The molecule has 4 nitrogen and oxygen atoms in total. The maximum Gasteiger partial charge on any atom is 0.108 e. The Hall–Kier alpha value is -4.44. The van der Waals surface area contributed by atoms with E-state index in [4.69, 9.17) is 0 Å². The molecule has 0 N–H and O–H groups in total. The van der Waals surface area contributed by atoms with Crippen LogP contribution in [-0.2, 0) is 0 Å². The molecule has 0 radical (unpaired) electrons. The number of fused-ring (bicyclic) bond motifs is 1. The van der Waals surface area contributed by atoms with Gasteiger partial charge in [-0.1, -0.05) is 54.6 Å². The lowest BCUT2D eigenvalue weighted by atomic mass is 10.1. The summed E-state index contributed by atoms with van der Waals surface area (Å²) in [6.07, 6.45) is 0. The van der Waals surface area contributed by atoms with Gasteiger partial charge in [-0.25, -0.2) is 0 Å². The highest BCUT2D eigenvalue weighted by Crippen LogP contribution is 2.39. The van der Waals surface area contributed by atoms with Crippen molar-refractivity contribution in [2.75, 3.05) is 16.8 Å². The summed E-state index contributed by atoms with van der Waals surface area (Å²) in [4.78, 5) is 15.1. The minimum atomic E-state index is 0.427. The first-order valence-electron chi connectivity index (χ1n) is 10.8. The summed E-state index contributed by atoms with van der Waals surface area (Å²) in [5, 5.41) is 5.39. The smallest absolute Gasteiger partial charge is 0.108 e. The molecule has 0 aliphatic rings. The highest BCUT2D eigenvalue weighted by atomic mass is 16.3. The molecule has 0 bridgehead atoms. The molecule has 0 amide bonds. The lowest BCUT2D eigenvalue weighted by Crippen LogP contribution is -2.12. The number of anilines is 5. The molecule has 33 heavy (non-hydrogen) atoms. The molecular formula is C29H23N3O. The topological polar surface area (TPSA) is 35.9 Å². The average Bonchev–Trinajstić information content (AvgIpc) is 2.90. The minimum Gasteiger partial charge on any atom is -0.345 e. The molecule has 0 saturated heterocycles. The van der Waals surface area contributed by atoms with Crippen LogP contribution in [0.1, 0.15) is 0 Å². The quantitative estimate of drug-likeness (QED) is 0.254. The second kappa shape index (κ2) is 8.97. The Kier molecular flexibility index (Phi) is 5.56. The Labute approximate surface area is 193 Å². The fraction of sp³-hybridized carbons (Fsp3) is 0.0345. The van der Waals surface area contributed by atoms with Crippen molar-refractivity contribution in [1.82, 2.24) is 0 Å². The first-order valence-corrected chi connectivity index (χ1v) is 10.8. The third kappa shape index (κ3) is 4.06. The second-order valence-electron chi connectivity index (χ2n) is 7.85. The fourth-order valence-electron chi connectivity index (χ4n) is 4.12. The minimum absolute atomic E-state index is 0.427. The predicted molar refractivity (Wildman–Crippen MR) is 139 cm³/mol. The van der Waals surface area contributed by atoms with Crippen molar-refractivity contribution < 1.29 is 0 Å². The van der Waals surface area contributed by atoms with Crippen LogP contribution in [0.4, 0.5) is 34.1 Å². The van der Waals surface area contributed by atoms with Gasteiger partial charge in [-0.3, -0.25) is 0 Å². The van der Waals surface area contributed by atoms with Gasteiger partial charge in [-0.15, -0.1) is 4.91 Å². The monoisotopic (exact) mass is 429 g/mol.